The van der Waals surface area contributed by atoms with E-state index in [0.29, 0.717) is 6.42 Å². The second-order valence-corrected chi connectivity index (χ2v) is 5.38. The van der Waals surface area contributed by atoms with Gasteiger partial charge in [0.25, 0.3) is 0 Å². The second kappa shape index (κ2) is 10.9. The molecule has 0 bridgehead atoms. The largest absolute Gasteiger partial charge is 0.449 e. The number of amides is 1. The van der Waals surface area contributed by atoms with Crippen LogP contribution in [0.4, 0.5) is 13.2 Å². The molecular weight excluding hydrogens is 323 g/mol. The molecule has 138 valence electrons. The molecule has 4 nitrogen and oxygen atoms in total. The second-order valence-electron chi connectivity index (χ2n) is 5.38. The third kappa shape index (κ3) is 8.74. The minimum Gasteiger partial charge on any atom is -0.449 e. The predicted molar refractivity (Wildman–Crippen MR) is 86.3 cm³/mol. The molecular formula is C17H26F3NO3. The van der Waals surface area contributed by atoms with Crippen molar-refractivity contribution < 1.29 is 27.5 Å². The maximum absolute atomic E-state index is 12.1. The number of halogens is 3. The summed E-state index contributed by atoms with van der Waals surface area (Å²) in [4.78, 5) is 25.0. The molecule has 0 aromatic heterocycles. The Labute approximate surface area is 141 Å². The molecule has 0 N–H and O–H groups in total. The molecule has 0 aliphatic rings. The van der Waals surface area contributed by atoms with Crippen LogP contribution in [0.5, 0.6) is 0 Å². The fourth-order valence-electron chi connectivity index (χ4n) is 2.03. The summed E-state index contributed by atoms with van der Waals surface area (Å²) in [6.07, 6.45) is 1.41. The number of unbranched alkanes of at least 4 members (excludes halogenated alkanes) is 1. The summed E-state index contributed by atoms with van der Waals surface area (Å²) in [7, 11) is 0. The van der Waals surface area contributed by atoms with Crippen LogP contribution in [0, 0.1) is 0 Å². The summed E-state index contributed by atoms with van der Waals surface area (Å²) in [5.41, 5.74) is 1.82. The van der Waals surface area contributed by atoms with E-state index in [1.165, 1.54) is 4.90 Å². The maximum Gasteiger partial charge on any atom is 0.422 e. The number of ether oxygens (including phenoxy) is 1. The Morgan fingerprint density at radius 2 is 1.83 bits per heavy atom. The van der Waals surface area contributed by atoms with Gasteiger partial charge in [0, 0.05) is 13.1 Å². The first-order valence-electron chi connectivity index (χ1n) is 8.01. The molecule has 0 fully saturated rings. The van der Waals surface area contributed by atoms with E-state index in [9.17, 15) is 22.8 Å². The number of nitrogens with zero attached hydrogens (tertiary/aromatic N) is 1. The zero-order valence-electron chi connectivity index (χ0n) is 14.7. The normalized spacial score (nSPS) is 13.0. The molecule has 0 rings (SSSR count). The van der Waals surface area contributed by atoms with Gasteiger partial charge in [-0.05, 0) is 32.3 Å². The third-order valence-corrected chi connectivity index (χ3v) is 3.34. The first-order valence-corrected chi connectivity index (χ1v) is 8.01. The molecule has 24 heavy (non-hydrogen) atoms. The van der Waals surface area contributed by atoms with Gasteiger partial charge in [-0.3, -0.25) is 4.79 Å². The Kier molecular flexibility index (Phi) is 10.1. The fourth-order valence-corrected chi connectivity index (χ4v) is 2.03. The summed E-state index contributed by atoms with van der Waals surface area (Å²) in [5.74, 6) is -2.52. The molecule has 0 aliphatic carbocycles. The molecule has 0 unspecified atom stereocenters. The summed E-state index contributed by atoms with van der Waals surface area (Å²) < 4.78 is 40.4. The molecule has 0 aromatic carbocycles. The minimum atomic E-state index is -4.65. The molecule has 1 amide bonds. The van der Waals surface area contributed by atoms with Gasteiger partial charge in [0.1, 0.15) is 0 Å². The van der Waals surface area contributed by atoms with Crippen LogP contribution in [0.25, 0.3) is 0 Å². The van der Waals surface area contributed by atoms with Crippen molar-refractivity contribution >= 4 is 11.9 Å². The number of alkyl halides is 3. The van der Waals surface area contributed by atoms with E-state index in [0.717, 1.165) is 24.0 Å². The van der Waals surface area contributed by atoms with Gasteiger partial charge in [0.05, 0.1) is 0 Å². The zero-order chi connectivity index (χ0) is 18.8. The van der Waals surface area contributed by atoms with Crippen molar-refractivity contribution in [2.75, 3.05) is 19.7 Å². The van der Waals surface area contributed by atoms with Crippen LogP contribution in [-0.2, 0) is 14.3 Å². The molecule has 0 spiro atoms. The first kappa shape index (κ1) is 22.2. The summed E-state index contributed by atoms with van der Waals surface area (Å²) >= 11 is 0. The highest BCUT2D eigenvalue weighted by molar-refractivity contribution is 6.32. The predicted octanol–water partition coefficient (Wildman–Crippen LogP) is 4.02. The van der Waals surface area contributed by atoms with Crippen LogP contribution in [0.15, 0.2) is 23.3 Å². The quantitative estimate of drug-likeness (QED) is 0.378. The van der Waals surface area contributed by atoms with E-state index in [2.05, 4.69) is 4.74 Å². The number of rotatable bonds is 8. The van der Waals surface area contributed by atoms with Crippen LogP contribution in [-0.4, -0.2) is 42.6 Å². The van der Waals surface area contributed by atoms with Crippen molar-refractivity contribution in [2.24, 2.45) is 0 Å². The van der Waals surface area contributed by atoms with Crippen molar-refractivity contribution in [1.29, 1.82) is 0 Å². The molecule has 0 aromatic rings. The monoisotopic (exact) mass is 349 g/mol. The van der Waals surface area contributed by atoms with Gasteiger partial charge in [-0.25, -0.2) is 4.79 Å². The highest BCUT2D eigenvalue weighted by atomic mass is 19.4. The molecule has 0 heterocycles. The molecule has 0 atom stereocenters. The molecule has 0 saturated heterocycles. The van der Waals surface area contributed by atoms with Crippen LogP contribution in [0.3, 0.4) is 0 Å². The van der Waals surface area contributed by atoms with Gasteiger partial charge in [0.2, 0.25) is 0 Å². The van der Waals surface area contributed by atoms with Crippen molar-refractivity contribution in [2.45, 2.75) is 53.1 Å². The number of carbonyl (C=O) groups excluding carboxylic acids is 2. The lowest BCUT2D eigenvalue weighted by Crippen LogP contribution is -2.40. The number of esters is 1. The summed E-state index contributed by atoms with van der Waals surface area (Å²) in [6.45, 7) is 6.29. The number of hydrogen-bond acceptors (Lipinski definition) is 3. The van der Waals surface area contributed by atoms with Crippen molar-refractivity contribution in [3.05, 3.63) is 23.3 Å². The number of allylic oxidation sites excluding steroid dienone is 2. The number of carbonyl (C=O) groups is 2. The van der Waals surface area contributed by atoms with Crippen LogP contribution in [0.1, 0.15) is 47.0 Å². The van der Waals surface area contributed by atoms with Crippen molar-refractivity contribution in [3.63, 3.8) is 0 Å². The van der Waals surface area contributed by atoms with Gasteiger partial charge in [0.15, 0.2) is 6.61 Å². The van der Waals surface area contributed by atoms with Gasteiger partial charge in [-0.1, -0.05) is 38.0 Å². The Hall–Kier alpha value is -1.79. The van der Waals surface area contributed by atoms with Gasteiger partial charge in [-0.2, -0.15) is 13.2 Å². The third-order valence-electron chi connectivity index (χ3n) is 3.34. The average molecular weight is 349 g/mol. The Morgan fingerprint density at radius 1 is 1.21 bits per heavy atom. The standard InChI is InChI=1S/C17H26F3NO3/c1-5-8-10-21(11-14(7-3)13(4)9-6-2)15(22)16(23)24-12-17(18,19)20/h7,9H,5-6,8,10-12H2,1-4H3/b13-9-,14-7-. The number of hydrogen-bond donors (Lipinski definition) is 0. The van der Waals surface area contributed by atoms with Crippen LogP contribution < -0.4 is 0 Å². The molecule has 0 radical (unpaired) electrons. The average Bonchev–Trinajstić information content (AvgIpc) is 2.51. The Balaban J connectivity index is 5.07. The van der Waals surface area contributed by atoms with Crippen molar-refractivity contribution in [3.8, 4) is 0 Å². The molecule has 0 saturated carbocycles. The van der Waals surface area contributed by atoms with Gasteiger partial charge in [-0.15, -0.1) is 0 Å². The van der Waals surface area contributed by atoms with Crippen LogP contribution in [0.2, 0.25) is 0 Å². The minimum absolute atomic E-state index is 0.165. The van der Waals surface area contributed by atoms with Gasteiger partial charge < -0.3 is 9.64 Å². The maximum atomic E-state index is 12.1. The van der Waals surface area contributed by atoms with Crippen LogP contribution >= 0.6 is 0 Å². The highest BCUT2D eigenvalue weighted by Gasteiger charge is 2.32. The Morgan fingerprint density at radius 3 is 2.29 bits per heavy atom. The van der Waals surface area contributed by atoms with E-state index in [4.69, 9.17) is 0 Å². The lowest BCUT2D eigenvalue weighted by molar-refractivity contribution is -0.189. The lowest BCUT2D eigenvalue weighted by atomic mass is 10.1. The molecule has 7 heteroatoms. The van der Waals surface area contributed by atoms with E-state index >= 15 is 0 Å². The van der Waals surface area contributed by atoms with E-state index in [-0.39, 0.29) is 13.1 Å². The lowest BCUT2D eigenvalue weighted by Gasteiger charge is -2.23. The smallest absolute Gasteiger partial charge is 0.422 e. The van der Waals surface area contributed by atoms with E-state index in [1.54, 1.807) is 0 Å². The molecule has 0 aliphatic heterocycles. The highest BCUT2D eigenvalue weighted by Crippen LogP contribution is 2.16. The van der Waals surface area contributed by atoms with E-state index in [1.807, 2.05) is 39.8 Å². The summed E-state index contributed by atoms with van der Waals surface area (Å²) in [5, 5.41) is 0. The van der Waals surface area contributed by atoms with Gasteiger partial charge >= 0.3 is 18.1 Å². The topological polar surface area (TPSA) is 46.6 Å². The first-order chi connectivity index (χ1) is 11.2. The fraction of sp³-hybridized carbons (Fsp3) is 0.647. The Bertz CT molecular complexity index is 482. The summed E-state index contributed by atoms with van der Waals surface area (Å²) in [6, 6.07) is 0. The zero-order valence-corrected chi connectivity index (χ0v) is 14.7. The van der Waals surface area contributed by atoms with Crippen molar-refractivity contribution in [1.82, 2.24) is 4.90 Å². The van der Waals surface area contributed by atoms with E-state index < -0.39 is 24.7 Å². The SMILES string of the molecule is C/C=C(CN(CCCC)C(=O)C(=O)OCC(F)(F)F)\C(C)=C/CC.